The second-order valence-electron chi connectivity index (χ2n) is 5.04. The molecule has 5 nitrogen and oxygen atoms in total. The van der Waals surface area contributed by atoms with Gasteiger partial charge in [0.25, 0.3) is 0 Å². The van der Waals surface area contributed by atoms with Crippen molar-refractivity contribution in [3.8, 4) is 0 Å². The number of thiol groups is 1. The Morgan fingerprint density at radius 2 is 1.70 bits per heavy atom. The maximum absolute atomic E-state index is 12.3. The Kier molecular flexibility index (Phi) is 5.81. The molecule has 1 atom stereocenters. The minimum Gasteiger partial charge on any atom is -0.744 e. The first kappa shape index (κ1) is 17.5. The van der Waals surface area contributed by atoms with E-state index in [-0.39, 0.29) is 16.7 Å². The van der Waals surface area contributed by atoms with Crippen LogP contribution < -0.4 is 5.32 Å². The third kappa shape index (κ3) is 5.09. The van der Waals surface area contributed by atoms with Gasteiger partial charge >= 0.3 is 0 Å². The number of hydrogen-bond acceptors (Lipinski definition) is 5. The van der Waals surface area contributed by atoms with Crippen LogP contribution in [0.5, 0.6) is 0 Å². The Morgan fingerprint density at radius 1 is 1.09 bits per heavy atom. The van der Waals surface area contributed by atoms with Crippen molar-refractivity contribution < 1.29 is 17.8 Å². The predicted octanol–water partition coefficient (Wildman–Crippen LogP) is 2.32. The molecular formula is C16H16NO4S2-. The van der Waals surface area contributed by atoms with E-state index in [0.717, 1.165) is 5.56 Å². The van der Waals surface area contributed by atoms with Crippen LogP contribution in [0.2, 0.25) is 0 Å². The molecule has 0 saturated carbocycles. The lowest BCUT2D eigenvalue weighted by Gasteiger charge is -2.15. The molecule has 1 N–H and O–H groups in total. The van der Waals surface area contributed by atoms with Crippen molar-refractivity contribution in [2.75, 3.05) is 11.1 Å². The summed E-state index contributed by atoms with van der Waals surface area (Å²) in [5.74, 6) is -0.140. The molecule has 0 aromatic heterocycles. The number of rotatable bonds is 6. The molecule has 0 aliphatic heterocycles. The molecule has 122 valence electrons. The quantitative estimate of drug-likeness (QED) is 0.618. The number of carbonyl (C=O) groups is 1. The average Bonchev–Trinajstić information content (AvgIpc) is 2.53. The molecule has 2 aromatic rings. The second kappa shape index (κ2) is 7.63. The molecule has 0 radical (unpaired) electrons. The van der Waals surface area contributed by atoms with E-state index in [0.29, 0.717) is 17.9 Å². The van der Waals surface area contributed by atoms with Crippen LogP contribution in [0.25, 0.3) is 0 Å². The summed E-state index contributed by atoms with van der Waals surface area (Å²) in [5, 5.41) is 2.71. The van der Waals surface area contributed by atoms with E-state index >= 15 is 0 Å². The molecule has 0 aliphatic carbocycles. The Morgan fingerprint density at radius 3 is 2.22 bits per heavy atom. The molecule has 2 rings (SSSR count). The van der Waals surface area contributed by atoms with Gasteiger partial charge in [-0.2, -0.15) is 12.6 Å². The maximum atomic E-state index is 12.3. The molecule has 0 spiro atoms. The summed E-state index contributed by atoms with van der Waals surface area (Å²) in [6.45, 7) is 0. The van der Waals surface area contributed by atoms with Crippen molar-refractivity contribution in [1.82, 2.24) is 0 Å². The average molecular weight is 350 g/mol. The molecule has 0 heterocycles. The van der Waals surface area contributed by atoms with Crippen LogP contribution in [0.1, 0.15) is 5.56 Å². The van der Waals surface area contributed by atoms with Crippen LogP contribution in [-0.4, -0.2) is 24.6 Å². The number of anilines is 1. The standard InChI is InChI=1S/C16H17NO4S2/c18-16(13(11-22)10-12-4-2-1-3-5-12)17-14-6-8-15(9-7-14)23(19,20)21/h1-9,13,22H,10-11H2,(H,17,18)(H,19,20,21)/p-1. The fraction of sp³-hybridized carbons (Fsp3) is 0.188. The van der Waals surface area contributed by atoms with E-state index < -0.39 is 10.1 Å². The lowest BCUT2D eigenvalue weighted by atomic mass is 10.00. The van der Waals surface area contributed by atoms with E-state index in [1.54, 1.807) is 0 Å². The summed E-state index contributed by atoms with van der Waals surface area (Å²) < 4.78 is 32.6. The first-order valence-electron chi connectivity index (χ1n) is 6.92. The lowest BCUT2D eigenvalue weighted by molar-refractivity contribution is -0.119. The van der Waals surface area contributed by atoms with Crippen LogP contribution in [0.4, 0.5) is 5.69 Å². The van der Waals surface area contributed by atoms with Gasteiger partial charge in [0.2, 0.25) is 5.91 Å². The minimum atomic E-state index is -4.48. The van der Waals surface area contributed by atoms with Crippen molar-refractivity contribution in [2.45, 2.75) is 11.3 Å². The zero-order chi connectivity index (χ0) is 16.9. The van der Waals surface area contributed by atoms with Gasteiger partial charge in [0.15, 0.2) is 0 Å². The number of carbonyl (C=O) groups excluding carboxylic acids is 1. The third-order valence-electron chi connectivity index (χ3n) is 3.33. The van der Waals surface area contributed by atoms with Crippen molar-refractivity contribution >= 4 is 34.3 Å². The van der Waals surface area contributed by atoms with E-state index in [2.05, 4.69) is 17.9 Å². The van der Waals surface area contributed by atoms with Gasteiger partial charge in [-0.25, -0.2) is 8.42 Å². The fourth-order valence-electron chi connectivity index (χ4n) is 2.09. The fourth-order valence-corrected chi connectivity index (χ4v) is 2.85. The summed E-state index contributed by atoms with van der Waals surface area (Å²) in [6.07, 6.45) is 0.559. The number of nitrogens with one attached hydrogen (secondary N) is 1. The SMILES string of the molecule is O=C(Nc1ccc(S(=O)(=O)[O-])cc1)C(CS)Cc1ccccc1. The predicted molar refractivity (Wildman–Crippen MR) is 90.5 cm³/mol. The van der Waals surface area contributed by atoms with Crippen molar-refractivity contribution in [1.29, 1.82) is 0 Å². The molecule has 2 aromatic carbocycles. The van der Waals surface area contributed by atoms with Gasteiger partial charge in [-0.05, 0) is 36.2 Å². The van der Waals surface area contributed by atoms with Crippen LogP contribution in [0.3, 0.4) is 0 Å². The van der Waals surface area contributed by atoms with Gasteiger partial charge in [0.1, 0.15) is 10.1 Å². The van der Waals surface area contributed by atoms with Gasteiger partial charge in [-0.3, -0.25) is 4.79 Å². The molecule has 0 fully saturated rings. The molecule has 0 aliphatic rings. The maximum Gasteiger partial charge on any atom is 0.228 e. The van der Waals surface area contributed by atoms with Crippen molar-refractivity contribution in [2.24, 2.45) is 5.92 Å². The molecule has 0 saturated heterocycles. The van der Waals surface area contributed by atoms with Crippen LogP contribution in [0.15, 0.2) is 59.5 Å². The first-order valence-corrected chi connectivity index (χ1v) is 8.96. The first-order chi connectivity index (χ1) is 10.9. The summed E-state index contributed by atoms with van der Waals surface area (Å²) in [7, 11) is -4.48. The topological polar surface area (TPSA) is 86.3 Å². The number of hydrogen-bond donors (Lipinski definition) is 2. The summed E-state index contributed by atoms with van der Waals surface area (Å²) in [6, 6.07) is 14.7. The molecular weight excluding hydrogens is 334 g/mol. The smallest absolute Gasteiger partial charge is 0.228 e. The van der Waals surface area contributed by atoms with Gasteiger partial charge in [-0.1, -0.05) is 30.3 Å². The highest BCUT2D eigenvalue weighted by atomic mass is 32.2. The van der Waals surface area contributed by atoms with E-state index in [1.165, 1.54) is 24.3 Å². The highest BCUT2D eigenvalue weighted by Crippen LogP contribution is 2.16. The molecule has 23 heavy (non-hydrogen) atoms. The summed E-state index contributed by atoms with van der Waals surface area (Å²) in [5.41, 5.74) is 1.47. The Bertz CT molecular complexity index is 758. The zero-order valence-electron chi connectivity index (χ0n) is 12.2. The molecule has 7 heteroatoms. The van der Waals surface area contributed by atoms with Gasteiger partial charge in [0.05, 0.1) is 10.8 Å². The normalized spacial score (nSPS) is 12.6. The highest BCUT2D eigenvalue weighted by molar-refractivity contribution is 7.85. The van der Waals surface area contributed by atoms with E-state index in [4.69, 9.17) is 0 Å². The molecule has 1 amide bonds. The third-order valence-corrected chi connectivity index (χ3v) is 4.62. The summed E-state index contributed by atoms with van der Waals surface area (Å²) >= 11 is 4.22. The van der Waals surface area contributed by atoms with Gasteiger partial charge in [0, 0.05) is 11.4 Å². The lowest BCUT2D eigenvalue weighted by Crippen LogP contribution is -2.26. The highest BCUT2D eigenvalue weighted by Gasteiger charge is 2.17. The Balaban J connectivity index is 2.04. The molecule has 0 bridgehead atoms. The zero-order valence-corrected chi connectivity index (χ0v) is 13.9. The second-order valence-corrected chi connectivity index (χ2v) is 6.78. The minimum absolute atomic E-state index is 0.207. The van der Waals surface area contributed by atoms with Crippen LogP contribution in [-0.2, 0) is 21.3 Å². The van der Waals surface area contributed by atoms with Crippen LogP contribution in [0, 0.1) is 5.92 Å². The largest absolute Gasteiger partial charge is 0.744 e. The molecule has 1 unspecified atom stereocenters. The van der Waals surface area contributed by atoms with Crippen molar-refractivity contribution in [3.63, 3.8) is 0 Å². The Labute approximate surface area is 140 Å². The van der Waals surface area contributed by atoms with Gasteiger partial charge < -0.3 is 9.87 Å². The monoisotopic (exact) mass is 350 g/mol. The number of benzene rings is 2. The van der Waals surface area contributed by atoms with E-state index in [1.807, 2.05) is 30.3 Å². The van der Waals surface area contributed by atoms with Gasteiger partial charge in [-0.15, -0.1) is 0 Å². The summed E-state index contributed by atoms with van der Waals surface area (Å²) in [4.78, 5) is 12.0. The Hall–Kier alpha value is -1.83. The van der Waals surface area contributed by atoms with E-state index in [9.17, 15) is 17.8 Å². The number of amides is 1. The van der Waals surface area contributed by atoms with Crippen LogP contribution >= 0.6 is 12.6 Å². The van der Waals surface area contributed by atoms with Crippen molar-refractivity contribution in [3.05, 3.63) is 60.2 Å².